The number of carboxylic acids is 1. The van der Waals surface area contributed by atoms with Crippen LogP contribution in [-0.2, 0) is 17.4 Å². The maximum Gasteiger partial charge on any atom is 0.416 e. The number of ether oxygens (including phenoxy) is 2. The van der Waals surface area contributed by atoms with Crippen LogP contribution in [0.2, 0.25) is 5.02 Å². The van der Waals surface area contributed by atoms with Crippen LogP contribution in [0.3, 0.4) is 0 Å². The molecular weight excluding hydrogens is 457 g/mol. The standard InChI is InChI=1S/C25H20ClF3O4/c1-16-7-10-18(14-22(30)31)23(26)24(16)33-21-6-2-5-20(15-21)32-13-3-4-17-8-11-19(12-9-17)25(27,28)29/h2-12,15H,13-14H2,1H3,(H,30,31)/b4-3+. The molecule has 172 valence electrons. The lowest BCUT2D eigenvalue weighted by atomic mass is 10.1. The monoisotopic (exact) mass is 476 g/mol. The Labute approximate surface area is 193 Å². The maximum absolute atomic E-state index is 12.6. The van der Waals surface area contributed by atoms with Gasteiger partial charge in [-0.15, -0.1) is 0 Å². The van der Waals surface area contributed by atoms with Crippen LogP contribution in [0.25, 0.3) is 6.08 Å². The van der Waals surface area contributed by atoms with Crippen molar-refractivity contribution < 1.29 is 32.5 Å². The molecule has 0 saturated carbocycles. The zero-order valence-corrected chi connectivity index (χ0v) is 18.3. The van der Waals surface area contributed by atoms with Crippen LogP contribution in [0.4, 0.5) is 13.2 Å². The summed E-state index contributed by atoms with van der Waals surface area (Å²) < 4.78 is 49.4. The molecular formula is C25H20ClF3O4. The van der Waals surface area contributed by atoms with E-state index >= 15 is 0 Å². The summed E-state index contributed by atoms with van der Waals surface area (Å²) in [5.41, 5.74) is 1.12. The average molecular weight is 477 g/mol. The van der Waals surface area contributed by atoms with E-state index in [1.165, 1.54) is 12.1 Å². The fourth-order valence-electron chi connectivity index (χ4n) is 2.98. The molecule has 0 unspecified atom stereocenters. The quantitative estimate of drug-likeness (QED) is 0.374. The minimum absolute atomic E-state index is 0.193. The Morgan fingerprint density at radius 3 is 2.42 bits per heavy atom. The minimum Gasteiger partial charge on any atom is -0.489 e. The molecule has 0 atom stereocenters. The highest BCUT2D eigenvalue weighted by Gasteiger charge is 2.29. The van der Waals surface area contributed by atoms with Crippen LogP contribution in [0.1, 0.15) is 22.3 Å². The van der Waals surface area contributed by atoms with Gasteiger partial charge in [0.05, 0.1) is 17.0 Å². The molecule has 3 aromatic rings. The third-order valence-corrected chi connectivity index (χ3v) is 5.05. The summed E-state index contributed by atoms with van der Waals surface area (Å²) in [5, 5.41) is 9.27. The summed E-state index contributed by atoms with van der Waals surface area (Å²) in [6, 6.07) is 15.1. The molecule has 0 bridgehead atoms. The van der Waals surface area contributed by atoms with E-state index in [0.29, 0.717) is 28.4 Å². The Kier molecular flexibility index (Phi) is 7.66. The molecule has 0 aromatic heterocycles. The molecule has 0 heterocycles. The lowest BCUT2D eigenvalue weighted by Gasteiger charge is -2.14. The van der Waals surface area contributed by atoms with Gasteiger partial charge in [0.2, 0.25) is 0 Å². The molecule has 0 amide bonds. The van der Waals surface area contributed by atoms with Gasteiger partial charge in [-0.3, -0.25) is 4.79 Å². The normalized spacial score (nSPS) is 11.5. The molecule has 0 saturated heterocycles. The van der Waals surface area contributed by atoms with E-state index in [1.807, 2.05) is 0 Å². The largest absolute Gasteiger partial charge is 0.489 e. The zero-order chi connectivity index (χ0) is 24.0. The van der Waals surface area contributed by atoms with Crippen molar-refractivity contribution in [3.05, 3.63) is 94.0 Å². The lowest BCUT2D eigenvalue weighted by Crippen LogP contribution is -2.03. The second-order valence-corrected chi connectivity index (χ2v) is 7.54. The smallest absolute Gasteiger partial charge is 0.416 e. The first-order chi connectivity index (χ1) is 15.6. The molecule has 0 aliphatic heterocycles. The summed E-state index contributed by atoms with van der Waals surface area (Å²) in [7, 11) is 0. The predicted molar refractivity (Wildman–Crippen MR) is 120 cm³/mol. The van der Waals surface area contributed by atoms with Crippen LogP contribution in [0, 0.1) is 6.92 Å². The van der Waals surface area contributed by atoms with E-state index in [0.717, 1.165) is 17.7 Å². The zero-order valence-electron chi connectivity index (χ0n) is 17.5. The molecule has 4 nitrogen and oxygen atoms in total. The van der Waals surface area contributed by atoms with Gasteiger partial charge in [0, 0.05) is 6.07 Å². The molecule has 0 aliphatic rings. The number of rotatable bonds is 8. The first-order valence-electron chi connectivity index (χ1n) is 9.88. The molecule has 0 fully saturated rings. The fourth-order valence-corrected chi connectivity index (χ4v) is 3.29. The van der Waals surface area contributed by atoms with Crippen molar-refractivity contribution in [1.82, 2.24) is 0 Å². The maximum atomic E-state index is 12.6. The molecule has 0 radical (unpaired) electrons. The third kappa shape index (κ3) is 6.76. The van der Waals surface area contributed by atoms with Gasteiger partial charge in [-0.1, -0.05) is 48.0 Å². The Balaban J connectivity index is 1.64. The molecule has 1 N–H and O–H groups in total. The number of aryl methyl sites for hydroxylation is 1. The number of alkyl halides is 3. The molecule has 3 rings (SSSR count). The highest BCUT2D eigenvalue weighted by atomic mass is 35.5. The molecule has 0 spiro atoms. The molecule has 3 aromatic carbocycles. The Bertz CT molecular complexity index is 1160. The van der Waals surface area contributed by atoms with Crippen LogP contribution >= 0.6 is 11.6 Å². The van der Waals surface area contributed by atoms with Gasteiger partial charge >= 0.3 is 12.1 Å². The van der Waals surface area contributed by atoms with Crippen molar-refractivity contribution in [2.24, 2.45) is 0 Å². The second-order valence-electron chi connectivity index (χ2n) is 7.17. The minimum atomic E-state index is -4.36. The number of hydrogen-bond donors (Lipinski definition) is 1. The van der Waals surface area contributed by atoms with Crippen molar-refractivity contribution in [3.63, 3.8) is 0 Å². The van der Waals surface area contributed by atoms with Crippen molar-refractivity contribution in [1.29, 1.82) is 0 Å². The number of aliphatic carboxylic acids is 1. The summed E-state index contributed by atoms with van der Waals surface area (Å²) >= 11 is 6.35. The number of halogens is 4. The molecule has 0 aliphatic carbocycles. The van der Waals surface area contributed by atoms with Crippen molar-refractivity contribution in [2.75, 3.05) is 6.61 Å². The van der Waals surface area contributed by atoms with Gasteiger partial charge in [-0.25, -0.2) is 0 Å². The van der Waals surface area contributed by atoms with E-state index in [2.05, 4.69) is 0 Å². The fraction of sp³-hybridized carbons (Fsp3) is 0.160. The number of carbonyl (C=O) groups is 1. The third-order valence-electron chi connectivity index (χ3n) is 4.64. The summed E-state index contributed by atoms with van der Waals surface area (Å²) in [6.07, 6.45) is -1.23. The second kappa shape index (κ2) is 10.4. The van der Waals surface area contributed by atoms with Crippen molar-refractivity contribution in [2.45, 2.75) is 19.5 Å². The predicted octanol–water partition coefficient (Wildman–Crippen LogP) is 7.18. The number of carboxylic acid groups (broad SMARTS) is 1. The summed E-state index contributed by atoms with van der Waals surface area (Å²) in [4.78, 5) is 11.0. The van der Waals surface area contributed by atoms with Gasteiger partial charge < -0.3 is 14.6 Å². The Morgan fingerprint density at radius 2 is 1.76 bits per heavy atom. The highest BCUT2D eigenvalue weighted by molar-refractivity contribution is 6.33. The number of benzene rings is 3. The molecule has 33 heavy (non-hydrogen) atoms. The summed E-state index contributed by atoms with van der Waals surface area (Å²) in [6.45, 7) is 2.00. The van der Waals surface area contributed by atoms with E-state index < -0.39 is 17.7 Å². The van der Waals surface area contributed by atoms with Crippen LogP contribution in [0.5, 0.6) is 17.2 Å². The Hall–Kier alpha value is -3.45. The van der Waals surface area contributed by atoms with Crippen LogP contribution in [0.15, 0.2) is 66.7 Å². The van der Waals surface area contributed by atoms with E-state index in [-0.39, 0.29) is 18.1 Å². The highest BCUT2D eigenvalue weighted by Crippen LogP contribution is 2.36. The van der Waals surface area contributed by atoms with Crippen LogP contribution < -0.4 is 9.47 Å². The number of hydrogen-bond acceptors (Lipinski definition) is 3. The van der Waals surface area contributed by atoms with Crippen LogP contribution in [-0.4, -0.2) is 17.7 Å². The van der Waals surface area contributed by atoms with Gasteiger partial charge in [-0.05, 0) is 54.0 Å². The SMILES string of the molecule is Cc1ccc(CC(=O)O)c(Cl)c1Oc1cccc(OC/C=C/c2ccc(C(F)(F)F)cc2)c1. The van der Waals surface area contributed by atoms with Gasteiger partial charge in [-0.2, -0.15) is 13.2 Å². The van der Waals surface area contributed by atoms with E-state index in [4.69, 9.17) is 26.2 Å². The lowest BCUT2D eigenvalue weighted by molar-refractivity contribution is -0.138. The first kappa shape index (κ1) is 24.2. The molecule has 8 heteroatoms. The van der Waals surface area contributed by atoms with Crippen molar-refractivity contribution in [3.8, 4) is 17.2 Å². The van der Waals surface area contributed by atoms with Crippen molar-refractivity contribution >= 4 is 23.6 Å². The van der Waals surface area contributed by atoms with E-state index in [1.54, 1.807) is 55.5 Å². The van der Waals surface area contributed by atoms with E-state index in [9.17, 15) is 18.0 Å². The first-order valence-corrected chi connectivity index (χ1v) is 10.3. The topological polar surface area (TPSA) is 55.8 Å². The summed E-state index contributed by atoms with van der Waals surface area (Å²) in [5.74, 6) is 0.345. The van der Waals surface area contributed by atoms with Gasteiger partial charge in [0.25, 0.3) is 0 Å². The average Bonchev–Trinajstić information content (AvgIpc) is 2.76. The Morgan fingerprint density at radius 1 is 1.06 bits per heavy atom. The van der Waals surface area contributed by atoms with Gasteiger partial charge in [0.15, 0.2) is 0 Å². The van der Waals surface area contributed by atoms with Gasteiger partial charge in [0.1, 0.15) is 23.9 Å².